The van der Waals surface area contributed by atoms with E-state index in [4.69, 9.17) is 10.2 Å². The summed E-state index contributed by atoms with van der Waals surface area (Å²) in [5, 5.41) is 4.37. The molecule has 24 heavy (non-hydrogen) atoms. The van der Waals surface area contributed by atoms with Crippen LogP contribution in [0.15, 0.2) is 59.2 Å². The maximum absolute atomic E-state index is 5.57. The van der Waals surface area contributed by atoms with E-state index in [0.717, 1.165) is 22.0 Å². The van der Waals surface area contributed by atoms with Crippen LogP contribution in [0.25, 0.3) is 32.1 Å². The summed E-state index contributed by atoms with van der Waals surface area (Å²) in [7, 11) is 0. The Balaban J connectivity index is 1.82. The van der Waals surface area contributed by atoms with Gasteiger partial charge >= 0.3 is 0 Å². The van der Waals surface area contributed by atoms with E-state index in [-0.39, 0.29) is 0 Å². The number of furan rings is 1. The molecule has 3 N–H and O–H groups in total. The minimum atomic E-state index is 0.520. The lowest BCUT2D eigenvalue weighted by Gasteiger charge is -2.07. The van der Waals surface area contributed by atoms with Gasteiger partial charge in [-0.25, -0.2) is 9.97 Å². The fourth-order valence-corrected chi connectivity index (χ4v) is 3.52. The van der Waals surface area contributed by atoms with Crippen LogP contribution in [0, 0.1) is 0 Å². The zero-order valence-electron chi connectivity index (χ0n) is 12.9. The first kappa shape index (κ1) is 14.9. The standard InChI is InChI=1S/C18H16N4OS/c19-7-8-20-18-21-13(15-5-3-9-23-15)11-14(22-18)17-10-12-4-1-2-6-16(12)24-17/h1-6,9-11H,7-8,19H2,(H,20,21,22). The van der Waals surface area contributed by atoms with E-state index in [1.54, 1.807) is 17.6 Å². The zero-order chi connectivity index (χ0) is 16.4. The van der Waals surface area contributed by atoms with Crippen molar-refractivity contribution in [1.29, 1.82) is 0 Å². The highest BCUT2D eigenvalue weighted by Gasteiger charge is 2.12. The van der Waals surface area contributed by atoms with Crippen LogP contribution in [-0.4, -0.2) is 23.1 Å². The molecule has 0 aliphatic rings. The second-order valence-corrected chi connectivity index (χ2v) is 6.39. The Morgan fingerprint density at radius 3 is 2.71 bits per heavy atom. The number of hydrogen-bond acceptors (Lipinski definition) is 6. The van der Waals surface area contributed by atoms with Crippen LogP contribution in [-0.2, 0) is 0 Å². The molecule has 0 saturated carbocycles. The van der Waals surface area contributed by atoms with Crippen molar-refractivity contribution in [3.63, 3.8) is 0 Å². The molecule has 0 spiro atoms. The van der Waals surface area contributed by atoms with Crippen molar-refractivity contribution in [3.05, 3.63) is 54.8 Å². The summed E-state index contributed by atoms with van der Waals surface area (Å²) in [4.78, 5) is 10.3. The van der Waals surface area contributed by atoms with Crippen molar-refractivity contribution in [2.24, 2.45) is 5.73 Å². The smallest absolute Gasteiger partial charge is 0.223 e. The monoisotopic (exact) mass is 336 g/mol. The number of fused-ring (bicyclic) bond motifs is 1. The summed E-state index contributed by atoms with van der Waals surface area (Å²) in [5.41, 5.74) is 7.20. The summed E-state index contributed by atoms with van der Waals surface area (Å²) in [6.07, 6.45) is 1.64. The fraction of sp³-hybridized carbons (Fsp3) is 0.111. The summed E-state index contributed by atoms with van der Waals surface area (Å²) in [6, 6.07) is 16.2. The molecule has 0 unspecified atom stereocenters. The number of anilines is 1. The average Bonchev–Trinajstić information content (AvgIpc) is 3.29. The summed E-state index contributed by atoms with van der Waals surface area (Å²) >= 11 is 1.72. The molecule has 0 aliphatic carbocycles. The van der Waals surface area contributed by atoms with E-state index in [9.17, 15) is 0 Å². The van der Waals surface area contributed by atoms with E-state index < -0.39 is 0 Å². The Bertz CT molecular complexity index is 929. The lowest BCUT2D eigenvalue weighted by Crippen LogP contribution is -2.15. The molecule has 0 saturated heterocycles. The first-order valence-corrected chi connectivity index (χ1v) is 8.51. The summed E-state index contributed by atoms with van der Waals surface area (Å²) < 4.78 is 6.73. The van der Waals surface area contributed by atoms with Gasteiger partial charge in [-0.3, -0.25) is 0 Å². The minimum Gasteiger partial charge on any atom is -0.463 e. The lowest BCUT2D eigenvalue weighted by atomic mass is 10.2. The van der Waals surface area contributed by atoms with Gasteiger partial charge in [-0.1, -0.05) is 18.2 Å². The molecule has 6 heteroatoms. The van der Waals surface area contributed by atoms with Gasteiger partial charge in [0.15, 0.2) is 5.76 Å². The predicted molar refractivity (Wildman–Crippen MR) is 98.1 cm³/mol. The highest BCUT2D eigenvalue weighted by atomic mass is 32.1. The number of rotatable bonds is 5. The molecule has 0 atom stereocenters. The van der Waals surface area contributed by atoms with Crippen LogP contribution in [0.1, 0.15) is 0 Å². The van der Waals surface area contributed by atoms with Crippen LogP contribution in [0.3, 0.4) is 0 Å². The van der Waals surface area contributed by atoms with Crippen molar-refractivity contribution in [1.82, 2.24) is 9.97 Å². The molecule has 0 bridgehead atoms. The maximum Gasteiger partial charge on any atom is 0.223 e. The Labute approximate surface area is 143 Å². The van der Waals surface area contributed by atoms with E-state index in [1.165, 1.54) is 10.1 Å². The molecule has 4 rings (SSSR count). The van der Waals surface area contributed by atoms with Gasteiger partial charge in [0, 0.05) is 17.8 Å². The number of nitrogens with two attached hydrogens (primary N) is 1. The quantitative estimate of drug-likeness (QED) is 0.576. The third kappa shape index (κ3) is 2.89. The average molecular weight is 336 g/mol. The van der Waals surface area contributed by atoms with E-state index in [0.29, 0.717) is 19.0 Å². The lowest BCUT2D eigenvalue weighted by molar-refractivity contribution is 0.580. The molecule has 3 aromatic heterocycles. The van der Waals surface area contributed by atoms with Crippen molar-refractivity contribution in [3.8, 4) is 22.0 Å². The highest BCUT2D eigenvalue weighted by molar-refractivity contribution is 7.22. The molecule has 0 fully saturated rings. The first-order valence-electron chi connectivity index (χ1n) is 7.69. The normalized spacial score (nSPS) is 11.0. The van der Waals surface area contributed by atoms with Crippen LogP contribution in [0.2, 0.25) is 0 Å². The SMILES string of the molecule is NCCNc1nc(-c2ccco2)cc(-c2cc3ccccc3s2)n1. The van der Waals surface area contributed by atoms with Crippen molar-refractivity contribution < 1.29 is 4.42 Å². The number of aromatic nitrogens is 2. The van der Waals surface area contributed by atoms with Gasteiger partial charge in [-0.05, 0) is 35.7 Å². The Kier molecular flexibility index (Phi) is 3.98. The Morgan fingerprint density at radius 2 is 1.92 bits per heavy atom. The van der Waals surface area contributed by atoms with Crippen molar-refractivity contribution in [2.45, 2.75) is 0 Å². The van der Waals surface area contributed by atoms with Crippen molar-refractivity contribution >= 4 is 27.4 Å². The summed E-state index contributed by atoms with van der Waals surface area (Å²) in [5.74, 6) is 1.28. The van der Waals surface area contributed by atoms with Gasteiger partial charge in [0.05, 0.1) is 16.8 Å². The van der Waals surface area contributed by atoms with E-state index >= 15 is 0 Å². The highest BCUT2D eigenvalue weighted by Crippen LogP contribution is 2.34. The molecular formula is C18H16N4OS. The Hall–Kier alpha value is -2.70. The molecule has 0 radical (unpaired) electrons. The molecule has 4 aromatic rings. The second kappa shape index (κ2) is 6.43. The number of thiophene rings is 1. The van der Waals surface area contributed by atoms with Crippen LogP contribution in [0.4, 0.5) is 5.95 Å². The van der Waals surface area contributed by atoms with Gasteiger partial charge in [0.2, 0.25) is 5.95 Å². The largest absolute Gasteiger partial charge is 0.463 e. The second-order valence-electron chi connectivity index (χ2n) is 5.30. The molecule has 5 nitrogen and oxygen atoms in total. The summed E-state index contributed by atoms with van der Waals surface area (Å²) in [6.45, 7) is 1.14. The van der Waals surface area contributed by atoms with Gasteiger partial charge in [-0.2, -0.15) is 0 Å². The molecular weight excluding hydrogens is 320 g/mol. The zero-order valence-corrected chi connectivity index (χ0v) is 13.7. The molecule has 0 aliphatic heterocycles. The number of nitrogens with one attached hydrogen (secondary N) is 1. The number of hydrogen-bond donors (Lipinski definition) is 2. The van der Waals surface area contributed by atoms with Gasteiger partial charge in [0.1, 0.15) is 5.69 Å². The predicted octanol–water partition coefficient (Wildman–Crippen LogP) is 3.99. The van der Waals surface area contributed by atoms with E-state index in [1.807, 2.05) is 30.3 Å². The molecule has 1 aromatic carbocycles. The van der Waals surface area contributed by atoms with Crippen LogP contribution >= 0.6 is 11.3 Å². The molecule has 3 heterocycles. The maximum atomic E-state index is 5.57. The number of benzene rings is 1. The minimum absolute atomic E-state index is 0.520. The van der Waals surface area contributed by atoms with Crippen LogP contribution < -0.4 is 11.1 Å². The van der Waals surface area contributed by atoms with Crippen molar-refractivity contribution in [2.75, 3.05) is 18.4 Å². The van der Waals surface area contributed by atoms with E-state index in [2.05, 4.69) is 33.5 Å². The van der Waals surface area contributed by atoms with Crippen LogP contribution in [0.5, 0.6) is 0 Å². The van der Waals surface area contributed by atoms with Gasteiger partial charge in [-0.15, -0.1) is 11.3 Å². The van der Waals surface area contributed by atoms with Gasteiger partial charge < -0.3 is 15.5 Å². The molecule has 120 valence electrons. The Morgan fingerprint density at radius 1 is 1.04 bits per heavy atom. The third-order valence-corrected chi connectivity index (χ3v) is 4.74. The first-order chi connectivity index (χ1) is 11.8. The van der Waals surface area contributed by atoms with Gasteiger partial charge in [0.25, 0.3) is 0 Å². The third-order valence-electron chi connectivity index (χ3n) is 3.61. The number of nitrogens with zero attached hydrogens (tertiary/aromatic N) is 2. The fourth-order valence-electron chi connectivity index (χ4n) is 2.50. The molecule has 0 amide bonds. The topological polar surface area (TPSA) is 77.0 Å².